The van der Waals surface area contributed by atoms with E-state index < -0.39 is 0 Å². The number of benzene rings is 2. The first-order chi connectivity index (χ1) is 9.28. The lowest BCUT2D eigenvalue weighted by molar-refractivity contribution is 0.797. The summed E-state index contributed by atoms with van der Waals surface area (Å²) in [6.07, 6.45) is 0. The quantitative estimate of drug-likeness (QED) is 0.762. The molecule has 3 rings (SSSR count). The van der Waals surface area contributed by atoms with Gasteiger partial charge >= 0.3 is 0 Å². The average molecular weight is 272 g/mol. The van der Waals surface area contributed by atoms with E-state index in [9.17, 15) is 0 Å². The predicted molar refractivity (Wildman–Crippen MR) is 80.1 cm³/mol. The Bertz CT molecular complexity index is 701. The van der Waals surface area contributed by atoms with Gasteiger partial charge < -0.3 is 9.88 Å². The highest BCUT2D eigenvalue weighted by molar-refractivity contribution is 6.30. The Morgan fingerprint density at radius 2 is 1.84 bits per heavy atom. The van der Waals surface area contributed by atoms with E-state index >= 15 is 0 Å². The van der Waals surface area contributed by atoms with E-state index in [4.69, 9.17) is 11.6 Å². The predicted octanol–water partition coefficient (Wildman–Crippen LogP) is 4.45. The van der Waals surface area contributed by atoms with E-state index in [1.807, 2.05) is 42.5 Å². The maximum atomic E-state index is 5.89. The van der Waals surface area contributed by atoms with Crippen molar-refractivity contribution in [3.05, 3.63) is 53.6 Å². The van der Waals surface area contributed by atoms with E-state index in [1.54, 1.807) is 0 Å². The number of fused-ring (bicyclic) bond motifs is 1. The van der Waals surface area contributed by atoms with Crippen LogP contribution in [-0.4, -0.2) is 9.55 Å². The molecule has 19 heavy (non-hydrogen) atoms. The normalized spacial score (nSPS) is 10.8. The molecule has 0 atom stereocenters. The Labute approximate surface area is 116 Å². The number of anilines is 2. The van der Waals surface area contributed by atoms with E-state index in [1.165, 1.54) is 0 Å². The molecule has 3 aromatic rings. The third kappa shape index (κ3) is 2.29. The van der Waals surface area contributed by atoms with Crippen LogP contribution in [-0.2, 0) is 6.54 Å². The molecule has 0 radical (unpaired) electrons. The molecular weight excluding hydrogens is 258 g/mol. The zero-order chi connectivity index (χ0) is 13.2. The molecule has 0 saturated heterocycles. The van der Waals surface area contributed by atoms with Crippen molar-refractivity contribution in [2.75, 3.05) is 5.32 Å². The standard InChI is InChI=1S/C15H14ClN3/c1-2-19-14-6-4-3-5-13(14)18-15(19)17-12-9-7-11(16)8-10-12/h3-10H,2H2,1H3,(H,17,18). The van der Waals surface area contributed by atoms with Crippen LogP contribution >= 0.6 is 11.6 Å². The minimum Gasteiger partial charge on any atom is -0.326 e. The highest BCUT2D eigenvalue weighted by atomic mass is 35.5. The number of aromatic nitrogens is 2. The van der Waals surface area contributed by atoms with Gasteiger partial charge in [0.15, 0.2) is 0 Å². The molecule has 0 aliphatic carbocycles. The van der Waals surface area contributed by atoms with Crippen molar-refractivity contribution in [1.82, 2.24) is 9.55 Å². The van der Waals surface area contributed by atoms with Gasteiger partial charge in [0.2, 0.25) is 5.95 Å². The lowest BCUT2D eigenvalue weighted by atomic mass is 10.3. The fourth-order valence-electron chi connectivity index (χ4n) is 2.15. The van der Waals surface area contributed by atoms with Crippen molar-refractivity contribution in [2.45, 2.75) is 13.5 Å². The van der Waals surface area contributed by atoms with Gasteiger partial charge in [0.05, 0.1) is 11.0 Å². The van der Waals surface area contributed by atoms with Crippen LogP contribution in [0.1, 0.15) is 6.92 Å². The number of hydrogen-bond donors (Lipinski definition) is 1. The number of nitrogens with one attached hydrogen (secondary N) is 1. The summed E-state index contributed by atoms with van der Waals surface area (Å²) in [4.78, 5) is 4.62. The van der Waals surface area contributed by atoms with Gasteiger partial charge in [0, 0.05) is 17.3 Å². The second-order valence-electron chi connectivity index (χ2n) is 4.30. The SMILES string of the molecule is CCn1c(Nc2ccc(Cl)cc2)nc2ccccc21. The van der Waals surface area contributed by atoms with Gasteiger partial charge in [-0.2, -0.15) is 0 Å². The van der Waals surface area contributed by atoms with E-state index in [0.717, 1.165) is 34.2 Å². The van der Waals surface area contributed by atoms with Crippen LogP contribution in [0.2, 0.25) is 5.02 Å². The Balaban J connectivity index is 2.02. The van der Waals surface area contributed by atoms with Crippen molar-refractivity contribution in [1.29, 1.82) is 0 Å². The minimum atomic E-state index is 0.731. The number of halogens is 1. The second kappa shape index (κ2) is 4.94. The van der Waals surface area contributed by atoms with E-state index in [0.29, 0.717) is 0 Å². The smallest absolute Gasteiger partial charge is 0.208 e. The summed E-state index contributed by atoms with van der Waals surface area (Å²) >= 11 is 5.89. The topological polar surface area (TPSA) is 29.9 Å². The molecule has 2 aromatic carbocycles. The van der Waals surface area contributed by atoms with Gasteiger partial charge in [-0.3, -0.25) is 0 Å². The second-order valence-corrected chi connectivity index (χ2v) is 4.74. The number of hydrogen-bond acceptors (Lipinski definition) is 2. The fourth-order valence-corrected chi connectivity index (χ4v) is 2.28. The Morgan fingerprint density at radius 3 is 2.58 bits per heavy atom. The number of aryl methyl sites for hydroxylation is 1. The molecular formula is C15H14ClN3. The summed E-state index contributed by atoms with van der Waals surface area (Å²) in [5.74, 6) is 0.853. The largest absolute Gasteiger partial charge is 0.326 e. The van der Waals surface area contributed by atoms with Gasteiger partial charge in [0.25, 0.3) is 0 Å². The van der Waals surface area contributed by atoms with Gasteiger partial charge in [-0.25, -0.2) is 4.98 Å². The third-order valence-electron chi connectivity index (χ3n) is 3.07. The Morgan fingerprint density at radius 1 is 1.11 bits per heavy atom. The Kier molecular flexibility index (Phi) is 3.13. The van der Waals surface area contributed by atoms with Crippen LogP contribution in [0.3, 0.4) is 0 Å². The molecule has 0 amide bonds. The number of para-hydroxylation sites is 2. The zero-order valence-corrected chi connectivity index (χ0v) is 11.4. The zero-order valence-electron chi connectivity index (χ0n) is 10.6. The summed E-state index contributed by atoms with van der Waals surface area (Å²) < 4.78 is 2.16. The molecule has 1 heterocycles. The summed E-state index contributed by atoms with van der Waals surface area (Å²) in [6.45, 7) is 2.98. The number of nitrogens with zero attached hydrogens (tertiary/aromatic N) is 2. The molecule has 0 unspecified atom stereocenters. The van der Waals surface area contributed by atoms with Gasteiger partial charge in [-0.1, -0.05) is 23.7 Å². The minimum absolute atomic E-state index is 0.731. The summed E-state index contributed by atoms with van der Waals surface area (Å²) in [5, 5.41) is 4.06. The van der Waals surface area contributed by atoms with Gasteiger partial charge in [-0.15, -0.1) is 0 Å². The van der Waals surface area contributed by atoms with E-state index in [-0.39, 0.29) is 0 Å². The number of rotatable bonds is 3. The van der Waals surface area contributed by atoms with Crippen LogP contribution in [0, 0.1) is 0 Å². The van der Waals surface area contributed by atoms with Crippen LogP contribution in [0.25, 0.3) is 11.0 Å². The lowest BCUT2D eigenvalue weighted by Gasteiger charge is -2.08. The maximum absolute atomic E-state index is 5.89. The summed E-state index contributed by atoms with van der Waals surface area (Å²) in [5.41, 5.74) is 3.12. The lowest BCUT2D eigenvalue weighted by Crippen LogP contribution is -2.01. The molecule has 0 aliphatic rings. The highest BCUT2D eigenvalue weighted by Gasteiger charge is 2.08. The average Bonchev–Trinajstić information content (AvgIpc) is 2.78. The molecule has 0 spiro atoms. The Hall–Kier alpha value is -2.00. The van der Waals surface area contributed by atoms with Crippen molar-refractivity contribution in [3.63, 3.8) is 0 Å². The molecule has 0 saturated carbocycles. The first-order valence-electron chi connectivity index (χ1n) is 6.26. The van der Waals surface area contributed by atoms with Crippen LogP contribution in [0.4, 0.5) is 11.6 Å². The molecule has 4 heteroatoms. The van der Waals surface area contributed by atoms with Crippen LogP contribution < -0.4 is 5.32 Å². The monoisotopic (exact) mass is 271 g/mol. The molecule has 3 nitrogen and oxygen atoms in total. The molecule has 1 aromatic heterocycles. The molecule has 0 aliphatic heterocycles. The summed E-state index contributed by atoms with van der Waals surface area (Å²) in [7, 11) is 0. The highest BCUT2D eigenvalue weighted by Crippen LogP contribution is 2.23. The van der Waals surface area contributed by atoms with Gasteiger partial charge in [-0.05, 0) is 43.3 Å². The van der Waals surface area contributed by atoms with E-state index in [2.05, 4.69) is 27.9 Å². The van der Waals surface area contributed by atoms with Crippen molar-refractivity contribution >= 4 is 34.3 Å². The molecule has 0 fully saturated rings. The van der Waals surface area contributed by atoms with Crippen LogP contribution in [0.5, 0.6) is 0 Å². The van der Waals surface area contributed by atoms with Crippen molar-refractivity contribution in [3.8, 4) is 0 Å². The molecule has 0 bridgehead atoms. The maximum Gasteiger partial charge on any atom is 0.208 e. The first kappa shape index (κ1) is 12.1. The molecule has 96 valence electrons. The molecule has 1 N–H and O–H groups in total. The van der Waals surface area contributed by atoms with Crippen molar-refractivity contribution < 1.29 is 0 Å². The van der Waals surface area contributed by atoms with Crippen molar-refractivity contribution in [2.24, 2.45) is 0 Å². The summed E-state index contributed by atoms with van der Waals surface area (Å²) in [6, 6.07) is 15.8. The number of imidazole rings is 1. The van der Waals surface area contributed by atoms with Gasteiger partial charge in [0.1, 0.15) is 0 Å². The van der Waals surface area contributed by atoms with Crippen LogP contribution in [0.15, 0.2) is 48.5 Å². The third-order valence-corrected chi connectivity index (χ3v) is 3.32. The first-order valence-corrected chi connectivity index (χ1v) is 6.63. The fraction of sp³-hybridized carbons (Fsp3) is 0.133.